The van der Waals surface area contributed by atoms with Gasteiger partial charge in [-0.25, -0.2) is 0 Å². The van der Waals surface area contributed by atoms with E-state index in [0.29, 0.717) is 0 Å². The van der Waals surface area contributed by atoms with Gasteiger partial charge in [-0.15, -0.1) is 0 Å². The maximum Gasteiger partial charge on any atom is 0.209 e. The molecule has 4 nitrogen and oxygen atoms in total. The van der Waals surface area contributed by atoms with E-state index < -0.39 is 0 Å². The summed E-state index contributed by atoms with van der Waals surface area (Å²) in [7, 11) is 0. The molecule has 0 bridgehead atoms. The molecule has 0 atom stereocenters. The van der Waals surface area contributed by atoms with Crippen LogP contribution in [0.5, 0.6) is 0 Å². The molecule has 0 unspecified atom stereocenters. The summed E-state index contributed by atoms with van der Waals surface area (Å²) < 4.78 is 0. The predicted octanol–water partition coefficient (Wildman–Crippen LogP) is 0.676. The van der Waals surface area contributed by atoms with Crippen LogP contribution in [0.25, 0.3) is 0 Å². The lowest BCUT2D eigenvalue weighted by molar-refractivity contribution is -0.118. The molecular weight excluding hydrogens is 258 g/mol. The predicted molar refractivity (Wildman–Crippen MR) is 75.7 cm³/mol. The summed E-state index contributed by atoms with van der Waals surface area (Å²) in [6.45, 7) is 2.05. The van der Waals surface area contributed by atoms with Gasteiger partial charge in [0.25, 0.3) is 0 Å². The van der Waals surface area contributed by atoms with Crippen molar-refractivity contribution in [2.75, 3.05) is 49.3 Å². The van der Waals surface area contributed by atoms with Gasteiger partial charge >= 0.3 is 0 Å². The molecule has 17 heavy (non-hydrogen) atoms. The van der Waals surface area contributed by atoms with Gasteiger partial charge in [-0.2, -0.15) is 23.5 Å². The Morgan fingerprint density at radius 2 is 1.35 bits per heavy atom. The van der Waals surface area contributed by atoms with Crippen LogP contribution in [0.15, 0.2) is 0 Å². The lowest BCUT2D eigenvalue weighted by Crippen LogP contribution is -2.25. The van der Waals surface area contributed by atoms with Crippen LogP contribution in [0.3, 0.4) is 0 Å². The summed E-state index contributed by atoms with van der Waals surface area (Å²) in [5.41, 5.74) is 0. The molecule has 0 heterocycles. The molecule has 2 N–H and O–H groups in total. The molecule has 0 aromatic heterocycles. The van der Waals surface area contributed by atoms with Crippen molar-refractivity contribution >= 4 is 29.9 Å². The van der Waals surface area contributed by atoms with E-state index in [4.69, 9.17) is 10.2 Å². The Bertz CT molecular complexity index is 159. The minimum atomic E-state index is 0.226. The Balaban J connectivity index is 3.33. The van der Waals surface area contributed by atoms with E-state index in [-0.39, 0.29) is 13.2 Å². The number of rotatable bonds is 13. The van der Waals surface area contributed by atoms with Crippen molar-refractivity contribution in [3.63, 3.8) is 0 Å². The summed E-state index contributed by atoms with van der Waals surface area (Å²) in [4.78, 5) is 12.6. The molecule has 1 amide bonds. The van der Waals surface area contributed by atoms with Crippen molar-refractivity contribution in [3.05, 3.63) is 0 Å². The Kier molecular flexibility index (Phi) is 14.2. The first-order valence-electron chi connectivity index (χ1n) is 5.91. The van der Waals surface area contributed by atoms with Gasteiger partial charge in [-0.3, -0.25) is 4.79 Å². The van der Waals surface area contributed by atoms with Gasteiger partial charge in [0.05, 0.1) is 13.2 Å². The summed E-state index contributed by atoms with van der Waals surface area (Å²) in [5, 5.41) is 17.2. The number of aliphatic hydroxyl groups is 2. The van der Waals surface area contributed by atoms with Crippen molar-refractivity contribution in [1.29, 1.82) is 0 Å². The number of carbonyl (C=O) groups excluding carboxylic acids is 1. The maximum absolute atomic E-state index is 10.8. The molecule has 0 spiro atoms. The Morgan fingerprint density at radius 3 is 1.71 bits per heavy atom. The fraction of sp³-hybridized carbons (Fsp3) is 0.909. The monoisotopic (exact) mass is 281 g/mol. The van der Waals surface area contributed by atoms with Crippen LogP contribution in [0.1, 0.15) is 12.8 Å². The first-order valence-corrected chi connectivity index (χ1v) is 8.22. The highest BCUT2D eigenvalue weighted by atomic mass is 32.2. The van der Waals surface area contributed by atoms with Gasteiger partial charge in [0.1, 0.15) is 0 Å². The first kappa shape index (κ1) is 17.1. The molecule has 102 valence electrons. The Hall–Kier alpha value is 0.0900. The molecule has 0 radical (unpaired) electrons. The van der Waals surface area contributed by atoms with E-state index in [1.54, 1.807) is 28.4 Å². The second-order valence-electron chi connectivity index (χ2n) is 3.52. The molecule has 0 saturated heterocycles. The fourth-order valence-electron chi connectivity index (χ4n) is 1.29. The lowest BCUT2D eigenvalue weighted by Gasteiger charge is -2.16. The quantitative estimate of drug-likeness (QED) is 0.384. The molecule has 0 aromatic rings. The molecule has 0 fully saturated rings. The van der Waals surface area contributed by atoms with Gasteiger partial charge in [0.15, 0.2) is 0 Å². The maximum atomic E-state index is 10.8. The number of hydrogen-bond acceptors (Lipinski definition) is 5. The van der Waals surface area contributed by atoms with E-state index in [0.717, 1.165) is 55.4 Å². The van der Waals surface area contributed by atoms with E-state index in [1.165, 1.54) is 0 Å². The molecule has 0 aromatic carbocycles. The molecule has 0 rings (SSSR count). The highest BCUT2D eigenvalue weighted by Gasteiger charge is 2.01. The molecule has 0 aliphatic heterocycles. The Labute approximate surface area is 112 Å². The van der Waals surface area contributed by atoms with Gasteiger partial charge < -0.3 is 15.1 Å². The van der Waals surface area contributed by atoms with Gasteiger partial charge in [-0.05, 0) is 24.3 Å². The molecule has 6 heteroatoms. The lowest BCUT2D eigenvalue weighted by atomic mass is 10.4. The summed E-state index contributed by atoms with van der Waals surface area (Å²) in [5.74, 6) is 3.53. The summed E-state index contributed by atoms with van der Waals surface area (Å²) in [6.07, 6.45) is 2.87. The number of amides is 1. The van der Waals surface area contributed by atoms with Crippen LogP contribution >= 0.6 is 23.5 Å². The minimum absolute atomic E-state index is 0.226. The Morgan fingerprint density at radius 1 is 0.882 bits per heavy atom. The number of thioether (sulfide) groups is 2. The highest BCUT2D eigenvalue weighted by molar-refractivity contribution is 7.99. The van der Waals surface area contributed by atoms with E-state index in [9.17, 15) is 4.79 Å². The van der Waals surface area contributed by atoms with Gasteiger partial charge in [0.2, 0.25) is 6.41 Å². The SMILES string of the molecule is O=CN(CCCSCCO)CCCSCCO. The average molecular weight is 281 g/mol. The first-order chi connectivity index (χ1) is 8.35. The third kappa shape index (κ3) is 12.3. The van der Waals surface area contributed by atoms with Crippen molar-refractivity contribution in [1.82, 2.24) is 4.90 Å². The molecule has 0 aliphatic rings. The van der Waals surface area contributed by atoms with E-state index in [1.807, 2.05) is 0 Å². The highest BCUT2D eigenvalue weighted by Crippen LogP contribution is 2.04. The van der Waals surface area contributed by atoms with Crippen LogP contribution in [0, 0.1) is 0 Å². The minimum Gasteiger partial charge on any atom is -0.396 e. The van der Waals surface area contributed by atoms with Crippen LogP contribution in [-0.2, 0) is 4.79 Å². The zero-order valence-electron chi connectivity index (χ0n) is 10.2. The largest absolute Gasteiger partial charge is 0.396 e. The summed E-state index contributed by atoms with van der Waals surface area (Å²) in [6, 6.07) is 0. The standard InChI is InChI=1S/C11H23NO3S2/c13-5-9-16-7-1-3-12(11-15)4-2-8-17-10-6-14/h11,13-14H,1-10H2. The van der Waals surface area contributed by atoms with E-state index in [2.05, 4.69) is 0 Å². The molecular formula is C11H23NO3S2. The van der Waals surface area contributed by atoms with Crippen LogP contribution < -0.4 is 0 Å². The summed E-state index contributed by atoms with van der Waals surface area (Å²) >= 11 is 3.43. The van der Waals surface area contributed by atoms with Gasteiger partial charge in [-0.1, -0.05) is 0 Å². The number of nitrogens with zero attached hydrogens (tertiary/aromatic N) is 1. The van der Waals surface area contributed by atoms with Crippen molar-refractivity contribution in [2.45, 2.75) is 12.8 Å². The van der Waals surface area contributed by atoms with Crippen molar-refractivity contribution in [3.8, 4) is 0 Å². The number of aliphatic hydroxyl groups excluding tert-OH is 2. The third-order valence-electron chi connectivity index (χ3n) is 2.09. The third-order valence-corrected chi connectivity index (χ3v) is 4.19. The van der Waals surface area contributed by atoms with Crippen LogP contribution in [-0.4, -0.2) is 70.8 Å². The molecule has 0 aliphatic carbocycles. The van der Waals surface area contributed by atoms with Crippen LogP contribution in [0.4, 0.5) is 0 Å². The van der Waals surface area contributed by atoms with Crippen LogP contribution in [0.2, 0.25) is 0 Å². The van der Waals surface area contributed by atoms with E-state index >= 15 is 0 Å². The zero-order chi connectivity index (χ0) is 12.8. The number of hydrogen-bond donors (Lipinski definition) is 2. The van der Waals surface area contributed by atoms with Crippen molar-refractivity contribution in [2.24, 2.45) is 0 Å². The normalized spacial score (nSPS) is 10.5. The average Bonchev–Trinajstić information content (AvgIpc) is 2.36. The second-order valence-corrected chi connectivity index (χ2v) is 5.97. The fourth-order valence-corrected chi connectivity index (χ4v) is 2.62. The van der Waals surface area contributed by atoms with Gasteiger partial charge in [0, 0.05) is 24.6 Å². The topological polar surface area (TPSA) is 60.8 Å². The second kappa shape index (κ2) is 14.2. The van der Waals surface area contributed by atoms with Crippen molar-refractivity contribution < 1.29 is 15.0 Å². The zero-order valence-corrected chi connectivity index (χ0v) is 11.8. The number of carbonyl (C=O) groups is 1. The smallest absolute Gasteiger partial charge is 0.209 e. The molecule has 0 saturated carbocycles.